The van der Waals surface area contributed by atoms with Crippen LogP contribution in [0.4, 0.5) is 0 Å². The zero-order chi connectivity index (χ0) is 22.1. The van der Waals surface area contributed by atoms with Crippen molar-refractivity contribution in [1.29, 1.82) is 0 Å². The molecule has 0 aliphatic heterocycles. The molecule has 0 saturated heterocycles. The van der Waals surface area contributed by atoms with E-state index in [4.69, 9.17) is 18.9 Å². The number of likely N-dealkylation sites (N-methyl/N-ethyl adjacent to an activating group) is 1. The first-order chi connectivity index (χ1) is 15.1. The fourth-order valence-corrected chi connectivity index (χ4v) is 2.95. The minimum atomic E-state index is -0.119. The molecule has 0 N–H and O–H groups in total. The molecule has 0 atom stereocenters. The number of benzene rings is 3. The van der Waals surface area contributed by atoms with E-state index in [0.717, 1.165) is 17.1 Å². The van der Waals surface area contributed by atoms with E-state index < -0.39 is 0 Å². The van der Waals surface area contributed by atoms with Crippen LogP contribution in [0.25, 0.3) is 0 Å². The zero-order valence-electron chi connectivity index (χ0n) is 18.0. The maximum absolute atomic E-state index is 12.8. The van der Waals surface area contributed by atoms with Crippen molar-refractivity contribution < 1.29 is 23.7 Å². The maximum Gasteiger partial charge on any atom is 0.253 e. The summed E-state index contributed by atoms with van der Waals surface area (Å²) in [7, 11) is 4.92. The van der Waals surface area contributed by atoms with Gasteiger partial charge in [-0.2, -0.15) is 0 Å². The highest BCUT2D eigenvalue weighted by molar-refractivity contribution is 5.94. The first kappa shape index (κ1) is 22.0. The molecule has 0 radical (unpaired) electrons. The Hall–Kier alpha value is -3.67. The summed E-state index contributed by atoms with van der Waals surface area (Å²) in [6, 6.07) is 22.4. The van der Waals surface area contributed by atoms with E-state index in [1.165, 1.54) is 0 Å². The van der Waals surface area contributed by atoms with Crippen molar-refractivity contribution in [3.05, 3.63) is 83.9 Å². The van der Waals surface area contributed by atoms with Gasteiger partial charge in [0.15, 0.2) is 11.5 Å². The Morgan fingerprint density at radius 2 is 1.52 bits per heavy atom. The van der Waals surface area contributed by atoms with E-state index in [2.05, 4.69) is 0 Å². The molecule has 0 aliphatic carbocycles. The van der Waals surface area contributed by atoms with Crippen molar-refractivity contribution in [2.24, 2.45) is 0 Å². The molecule has 3 aromatic carbocycles. The molecule has 0 bridgehead atoms. The second-order valence-corrected chi connectivity index (χ2v) is 6.89. The Bertz CT molecular complexity index is 973. The van der Waals surface area contributed by atoms with Crippen molar-refractivity contribution in [2.75, 3.05) is 34.4 Å². The van der Waals surface area contributed by atoms with Gasteiger partial charge in [-0.1, -0.05) is 30.3 Å². The summed E-state index contributed by atoms with van der Waals surface area (Å²) in [6.07, 6.45) is 0. The number of hydrogen-bond acceptors (Lipinski definition) is 5. The largest absolute Gasteiger partial charge is 0.497 e. The minimum Gasteiger partial charge on any atom is -0.497 e. The Kier molecular flexibility index (Phi) is 7.76. The van der Waals surface area contributed by atoms with Crippen LogP contribution in [0.15, 0.2) is 72.8 Å². The third-order valence-electron chi connectivity index (χ3n) is 4.75. The van der Waals surface area contributed by atoms with E-state index >= 15 is 0 Å². The molecule has 6 nitrogen and oxygen atoms in total. The SMILES string of the molecule is COc1ccc(OCCN(C)C(=O)c2ccc(OCc3ccccc3)c(OC)c2)cc1. The first-order valence-electron chi connectivity index (χ1n) is 9.98. The van der Waals surface area contributed by atoms with E-state index in [1.54, 1.807) is 44.4 Å². The lowest BCUT2D eigenvalue weighted by atomic mass is 10.1. The second-order valence-electron chi connectivity index (χ2n) is 6.89. The van der Waals surface area contributed by atoms with Crippen molar-refractivity contribution in [3.8, 4) is 23.0 Å². The predicted octanol–water partition coefficient (Wildman–Crippen LogP) is 4.43. The van der Waals surface area contributed by atoms with Gasteiger partial charge in [0.25, 0.3) is 5.91 Å². The molecule has 162 valence electrons. The summed E-state index contributed by atoms with van der Waals surface area (Å²) >= 11 is 0. The molecule has 0 spiro atoms. The normalized spacial score (nSPS) is 10.3. The molecule has 0 fully saturated rings. The molecule has 0 saturated carbocycles. The minimum absolute atomic E-state index is 0.119. The molecule has 0 heterocycles. The van der Waals surface area contributed by atoms with Crippen molar-refractivity contribution in [3.63, 3.8) is 0 Å². The fraction of sp³-hybridized carbons (Fsp3) is 0.240. The van der Waals surface area contributed by atoms with Crippen LogP contribution in [0.3, 0.4) is 0 Å². The lowest BCUT2D eigenvalue weighted by Crippen LogP contribution is -2.30. The molecule has 6 heteroatoms. The van der Waals surface area contributed by atoms with Crippen LogP contribution in [0.1, 0.15) is 15.9 Å². The summed E-state index contributed by atoms with van der Waals surface area (Å²) < 4.78 is 22.1. The number of ether oxygens (including phenoxy) is 4. The standard InChI is InChI=1S/C25H27NO5/c1-26(15-16-30-22-12-10-21(28-2)11-13-22)25(27)20-9-14-23(24(17-20)29-3)31-18-19-7-5-4-6-8-19/h4-14,17H,15-16,18H2,1-3H3. The van der Waals surface area contributed by atoms with Crippen LogP contribution >= 0.6 is 0 Å². The lowest BCUT2D eigenvalue weighted by molar-refractivity contribution is 0.0773. The van der Waals surface area contributed by atoms with E-state index in [9.17, 15) is 4.79 Å². The second kappa shape index (κ2) is 10.9. The zero-order valence-corrected chi connectivity index (χ0v) is 18.0. The van der Waals surface area contributed by atoms with E-state index in [-0.39, 0.29) is 5.91 Å². The van der Waals surface area contributed by atoms with Crippen LogP contribution in [-0.2, 0) is 6.61 Å². The monoisotopic (exact) mass is 421 g/mol. The maximum atomic E-state index is 12.8. The summed E-state index contributed by atoms with van der Waals surface area (Å²) in [5, 5.41) is 0. The van der Waals surface area contributed by atoms with E-state index in [1.807, 2.05) is 54.6 Å². The average Bonchev–Trinajstić information content (AvgIpc) is 2.83. The molecule has 3 rings (SSSR count). The Morgan fingerprint density at radius 1 is 0.806 bits per heavy atom. The summed E-state index contributed by atoms with van der Waals surface area (Å²) in [5.74, 6) is 2.48. The van der Waals surface area contributed by atoms with Gasteiger partial charge in [-0.25, -0.2) is 0 Å². The number of carbonyl (C=O) groups is 1. The molecule has 0 unspecified atom stereocenters. The number of carbonyl (C=O) groups excluding carboxylic acids is 1. The van der Waals surface area contributed by atoms with Crippen molar-refractivity contribution in [1.82, 2.24) is 4.90 Å². The number of methoxy groups -OCH3 is 2. The molecule has 1 amide bonds. The van der Waals surface area contributed by atoms with Gasteiger partial charge in [-0.15, -0.1) is 0 Å². The highest BCUT2D eigenvalue weighted by atomic mass is 16.5. The van der Waals surface area contributed by atoms with Crippen LogP contribution in [0.2, 0.25) is 0 Å². The third-order valence-corrected chi connectivity index (χ3v) is 4.75. The highest BCUT2D eigenvalue weighted by Crippen LogP contribution is 2.29. The van der Waals surface area contributed by atoms with Crippen LogP contribution < -0.4 is 18.9 Å². The van der Waals surface area contributed by atoms with Crippen molar-refractivity contribution >= 4 is 5.91 Å². The van der Waals surface area contributed by atoms with Gasteiger partial charge in [0.1, 0.15) is 24.7 Å². The number of nitrogens with zero attached hydrogens (tertiary/aromatic N) is 1. The molecule has 31 heavy (non-hydrogen) atoms. The van der Waals surface area contributed by atoms with Gasteiger partial charge in [-0.3, -0.25) is 4.79 Å². The van der Waals surface area contributed by atoms with Gasteiger partial charge in [0.05, 0.1) is 20.8 Å². The van der Waals surface area contributed by atoms with Gasteiger partial charge in [-0.05, 0) is 48.0 Å². The Morgan fingerprint density at radius 3 is 2.19 bits per heavy atom. The molecule has 3 aromatic rings. The van der Waals surface area contributed by atoms with Gasteiger partial charge in [0.2, 0.25) is 0 Å². The topological polar surface area (TPSA) is 57.2 Å². The quantitative estimate of drug-likeness (QED) is 0.485. The van der Waals surface area contributed by atoms with Crippen molar-refractivity contribution in [2.45, 2.75) is 6.61 Å². The van der Waals surface area contributed by atoms with Gasteiger partial charge in [0, 0.05) is 12.6 Å². The van der Waals surface area contributed by atoms with Crippen LogP contribution in [0.5, 0.6) is 23.0 Å². The fourth-order valence-electron chi connectivity index (χ4n) is 2.95. The first-order valence-corrected chi connectivity index (χ1v) is 9.98. The molecular formula is C25H27NO5. The predicted molar refractivity (Wildman–Crippen MR) is 119 cm³/mol. The van der Waals surface area contributed by atoms with Crippen LogP contribution in [0, 0.1) is 0 Å². The Labute approximate surface area is 182 Å². The van der Waals surface area contributed by atoms with E-state index in [0.29, 0.717) is 36.8 Å². The highest BCUT2D eigenvalue weighted by Gasteiger charge is 2.15. The number of amides is 1. The number of hydrogen-bond donors (Lipinski definition) is 0. The third kappa shape index (κ3) is 6.15. The summed E-state index contributed by atoms with van der Waals surface area (Å²) in [6.45, 7) is 1.25. The van der Waals surface area contributed by atoms with Crippen LogP contribution in [-0.4, -0.2) is 45.2 Å². The Balaban J connectivity index is 1.55. The molecular weight excluding hydrogens is 394 g/mol. The van der Waals surface area contributed by atoms with Gasteiger partial charge >= 0.3 is 0 Å². The smallest absolute Gasteiger partial charge is 0.253 e. The summed E-state index contributed by atoms with van der Waals surface area (Å²) in [5.41, 5.74) is 1.58. The molecule has 0 aliphatic rings. The number of rotatable bonds is 10. The van der Waals surface area contributed by atoms with Gasteiger partial charge < -0.3 is 23.8 Å². The average molecular weight is 421 g/mol. The molecule has 0 aromatic heterocycles. The summed E-state index contributed by atoms with van der Waals surface area (Å²) in [4.78, 5) is 14.4. The lowest BCUT2D eigenvalue weighted by Gasteiger charge is -2.19.